The number of para-hydroxylation sites is 2. The maximum Gasteiger partial charge on any atom is 0.232 e. The summed E-state index contributed by atoms with van der Waals surface area (Å²) in [5.74, 6) is 0.578. The third kappa shape index (κ3) is 2.88. The van der Waals surface area contributed by atoms with Crippen LogP contribution in [0.1, 0.15) is 5.56 Å². The van der Waals surface area contributed by atoms with Crippen LogP contribution in [0.25, 0.3) is 11.0 Å². The van der Waals surface area contributed by atoms with Gasteiger partial charge in [0.25, 0.3) is 0 Å². The van der Waals surface area contributed by atoms with Gasteiger partial charge in [-0.2, -0.15) is 0 Å². The van der Waals surface area contributed by atoms with Gasteiger partial charge in [0.2, 0.25) is 5.88 Å². The highest BCUT2D eigenvalue weighted by Crippen LogP contribution is 2.13. The van der Waals surface area contributed by atoms with E-state index >= 15 is 0 Å². The molecule has 19 heavy (non-hydrogen) atoms. The molecule has 0 fully saturated rings. The minimum absolute atomic E-state index is 0.578. The Balaban J connectivity index is 1.65. The molecule has 1 aromatic heterocycles. The zero-order chi connectivity index (χ0) is 12.9. The van der Waals surface area contributed by atoms with Crippen LogP contribution in [0.15, 0.2) is 60.8 Å². The summed E-state index contributed by atoms with van der Waals surface area (Å²) in [7, 11) is 0. The second-order valence-electron chi connectivity index (χ2n) is 4.28. The number of aromatic nitrogens is 2. The van der Waals surface area contributed by atoms with Crippen LogP contribution in [0.4, 0.5) is 0 Å². The van der Waals surface area contributed by atoms with E-state index in [-0.39, 0.29) is 0 Å². The van der Waals surface area contributed by atoms with Gasteiger partial charge in [0.15, 0.2) is 0 Å². The lowest BCUT2D eigenvalue weighted by Crippen LogP contribution is -2.03. The Labute approximate surface area is 111 Å². The number of nitrogens with zero attached hydrogens (tertiary/aromatic N) is 2. The average molecular weight is 250 g/mol. The molecule has 0 amide bonds. The lowest BCUT2D eigenvalue weighted by molar-refractivity contribution is 0.309. The van der Waals surface area contributed by atoms with Gasteiger partial charge in [0.05, 0.1) is 23.8 Å². The normalized spacial score (nSPS) is 10.5. The van der Waals surface area contributed by atoms with Crippen molar-refractivity contribution in [2.24, 2.45) is 0 Å². The fraction of sp³-hybridized carbons (Fsp3) is 0.125. The zero-order valence-corrected chi connectivity index (χ0v) is 10.5. The van der Waals surface area contributed by atoms with E-state index in [1.807, 2.05) is 42.5 Å². The molecule has 0 bridgehead atoms. The minimum Gasteiger partial charge on any atom is -0.476 e. The van der Waals surface area contributed by atoms with Crippen LogP contribution >= 0.6 is 0 Å². The van der Waals surface area contributed by atoms with Crippen molar-refractivity contribution in [2.75, 3.05) is 6.61 Å². The molecule has 3 heteroatoms. The highest BCUT2D eigenvalue weighted by Gasteiger charge is 2.00. The van der Waals surface area contributed by atoms with E-state index in [0.29, 0.717) is 12.5 Å². The van der Waals surface area contributed by atoms with Crippen molar-refractivity contribution in [1.82, 2.24) is 9.97 Å². The van der Waals surface area contributed by atoms with Gasteiger partial charge in [-0.3, -0.25) is 0 Å². The Morgan fingerprint density at radius 3 is 2.42 bits per heavy atom. The smallest absolute Gasteiger partial charge is 0.232 e. The Bertz CT molecular complexity index is 668. The molecular weight excluding hydrogens is 236 g/mol. The first-order valence-corrected chi connectivity index (χ1v) is 6.30. The third-order valence-electron chi connectivity index (χ3n) is 2.91. The van der Waals surface area contributed by atoms with Crippen molar-refractivity contribution in [3.63, 3.8) is 0 Å². The molecule has 0 aliphatic rings. The molecule has 3 rings (SSSR count). The second kappa shape index (κ2) is 5.48. The van der Waals surface area contributed by atoms with Crippen LogP contribution in [-0.2, 0) is 6.42 Å². The van der Waals surface area contributed by atoms with Gasteiger partial charge < -0.3 is 4.74 Å². The van der Waals surface area contributed by atoms with E-state index in [4.69, 9.17) is 4.74 Å². The summed E-state index contributed by atoms with van der Waals surface area (Å²) in [6, 6.07) is 18.0. The second-order valence-corrected chi connectivity index (χ2v) is 4.28. The highest BCUT2D eigenvalue weighted by molar-refractivity contribution is 5.73. The van der Waals surface area contributed by atoms with Gasteiger partial charge >= 0.3 is 0 Å². The number of rotatable bonds is 4. The van der Waals surface area contributed by atoms with E-state index < -0.39 is 0 Å². The van der Waals surface area contributed by atoms with Crippen LogP contribution in [0.5, 0.6) is 5.88 Å². The molecule has 94 valence electrons. The maximum atomic E-state index is 5.64. The van der Waals surface area contributed by atoms with Gasteiger partial charge in [-0.25, -0.2) is 9.97 Å². The third-order valence-corrected chi connectivity index (χ3v) is 2.91. The molecule has 0 saturated carbocycles. The largest absolute Gasteiger partial charge is 0.476 e. The molecule has 0 N–H and O–H groups in total. The molecule has 0 radical (unpaired) electrons. The van der Waals surface area contributed by atoms with E-state index in [2.05, 4.69) is 22.1 Å². The number of hydrogen-bond acceptors (Lipinski definition) is 3. The Hall–Kier alpha value is -2.42. The van der Waals surface area contributed by atoms with E-state index in [1.54, 1.807) is 6.20 Å². The molecular formula is C16H14N2O. The van der Waals surface area contributed by atoms with Gasteiger partial charge in [-0.15, -0.1) is 0 Å². The molecule has 0 aliphatic carbocycles. The SMILES string of the molecule is c1ccc(CCOc2cnc3ccccc3n2)cc1. The van der Waals surface area contributed by atoms with Crippen LogP contribution in [0, 0.1) is 0 Å². The first-order chi connectivity index (χ1) is 9.42. The lowest BCUT2D eigenvalue weighted by Gasteiger charge is -2.05. The number of benzene rings is 2. The van der Waals surface area contributed by atoms with Crippen molar-refractivity contribution in [1.29, 1.82) is 0 Å². The predicted molar refractivity (Wildman–Crippen MR) is 75.2 cm³/mol. The summed E-state index contributed by atoms with van der Waals surface area (Å²) in [6.07, 6.45) is 2.54. The summed E-state index contributed by atoms with van der Waals surface area (Å²) in [5.41, 5.74) is 3.01. The molecule has 0 saturated heterocycles. The van der Waals surface area contributed by atoms with Crippen molar-refractivity contribution < 1.29 is 4.74 Å². The van der Waals surface area contributed by atoms with Gasteiger partial charge in [0.1, 0.15) is 0 Å². The van der Waals surface area contributed by atoms with E-state index in [0.717, 1.165) is 17.5 Å². The quantitative estimate of drug-likeness (QED) is 0.713. The summed E-state index contributed by atoms with van der Waals surface area (Å²) < 4.78 is 5.64. The molecule has 0 aliphatic heterocycles. The van der Waals surface area contributed by atoms with Crippen LogP contribution in [-0.4, -0.2) is 16.6 Å². The Kier molecular flexibility index (Phi) is 3.36. The van der Waals surface area contributed by atoms with Gasteiger partial charge in [-0.05, 0) is 17.7 Å². The van der Waals surface area contributed by atoms with Crippen LogP contribution in [0.3, 0.4) is 0 Å². The topological polar surface area (TPSA) is 35.0 Å². The zero-order valence-electron chi connectivity index (χ0n) is 10.5. The van der Waals surface area contributed by atoms with Crippen molar-refractivity contribution in [3.8, 4) is 5.88 Å². The summed E-state index contributed by atoms with van der Waals surface area (Å²) in [4.78, 5) is 8.74. The molecule has 3 nitrogen and oxygen atoms in total. The minimum atomic E-state index is 0.578. The lowest BCUT2D eigenvalue weighted by atomic mass is 10.2. The molecule has 1 heterocycles. The van der Waals surface area contributed by atoms with Crippen molar-refractivity contribution in [2.45, 2.75) is 6.42 Å². The van der Waals surface area contributed by atoms with Crippen molar-refractivity contribution >= 4 is 11.0 Å². The summed E-state index contributed by atoms with van der Waals surface area (Å²) in [5, 5.41) is 0. The number of hydrogen-bond donors (Lipinski definition) is 0. The maximum absolute atomic E-state index is 5.64. The summed E-state index contributed by atoms with van der Waals surface area (Å²) >= 11 is 0. The molecule has 3 aromatic rings. The standard InChI is InChI=1S/C16H14N2O/c1-2-6-13(7-3-1)10-11-19-16-12-17-14-8-4-5-9-15(14)18-16/h1-9,12H,10-11H2. The number of fused-ring (bicyclic) bond motifs is 1. The van der Waals surface area contributed by atoms with E-state index in [1.165, 1.54) is 5.56 Å². The van der Waals surface area contributed by atoms with Gasteiger partial charge in [0, 0.05) is 6.42 Å². The van der Waals surface area contributed by atoms with Crippen LogP contribution in [0.2, 0.25) is 0 Å². The number of ether oxygens (including phenoxy) is 1. The monoisotopic (exact) mass is 250 g/mol. The molecule has 0 unspecified atom stereocenters. The predicted octanol–water partition coefficient (Wildman–Crippen LogP) is 3.25. The van der Waals surface area contributed by atoms with E-state index in [9.17, 15) is 0 Å². The Morgan fingerprint density at radius 2 is 1.58 bits per heavy atom. The Morgan fingerprint density at radius 1 is 0.842 bits per heavy atom. The molecule has 0 atom stereocenters. The van der Waals surface area contributed by atoms with Crippen LogP contribution < -0.4 is 4.74 Å². The first kappa shape index (κ1) is 11.7. The highest BCUT2D eigenvalue weighted by atomic mass is 16.5. The summed E-state index contributed by atoms with van der Waals surface area (Å²) in [6.45, 7) is 0.608. The average Bonchev–Trinajstić information content (AvgIpc) is 2.48. The fourth-order valence-corrected chi connectivity index (χ4v) is 1.93. The molecule has 0 spiro atoms. The molecule has 2 aromatic carbocycles. The van der Waals surface area contributed by atoms with Crippen molar-refractivity contribution in [3.05, 3.63) is 66.4 Å². The first-order valence-electron chi connectivity index (χ1n) is 6.30. The fourth-order valence-electron chi connectivity index (χ4n) is 1.93. The van der Waals surface area contributed by atoms with Gasteiger partial charge in [-0.1, -0.05) is 42.5 Å².